The van der Waals surface area contributed by atoms with E-state index in [0.717, 1.165) is 32.0 Å². The SMILES string of the molecule is COC1(c2ncc(C=O)cn2)CCCCCC1. The van der Waals surface area contributed by atoms with Crippen molar-refractivity contribution in [3.63, 3.8) is 0 Å². The normalized spacial score (nSPS) is 19.6. The van der Waals surface area contributed by atoms with E-state index in [-0.39, 0.29) is 5.60 Å². The Labute approximate surface area is 101 Å². The minimum absolute atomic E-state index is 0.349. The standard InChI is InChI=1S/C13H18N2O2/c1-17-13(6-4-2-3-5-7-13)12-14-8-11(10-16)9-15-12/h8-10H,2-7H2,1H3. The lowest BCUT2D eigenvalue weighted by atomic mass is 9.93. The highest BCUT2D eigenvalue weighted by Gasteiger charge is 2.35. The van der Waals surface area contributed by atoms with Gasteiger partial charge in [-0.1, -0.05) is 25.7 Å². The van der Waals surface area contributed by atoms with Crippen molar-refractivity contribution in [1.82, 2.24) is 9.97 Å². The first kappa shape index (κ1) is 12.2. The molecule has 0 aliphatic heterocycles. The van der Waals surface area contributed by atoms with Crippen LogP contribution in [-0.4, -0.2) is 23.4 Å². The second-order valence-electron chi connectivity index (χ2n) is 4.57. The van der Waals surface area contributed by atoms with Crippen molar-refractivity contribution in [3.8, 4) is 0 Å². The monoisotopic (exact) mass is 234 g/mol. The zero-order chi connectivity index (χ0) is 12.1. The zero-order valence-electron chi connectivity index (χ0n) is 10.2. The van der Waals surface area contributed by atoms with Gasteiger partial charge in [0, 0.05) is 19.5 Å². The third-order valence-corrected chi connectivity index (χ3v) is 3.52. The molecule has 1 aliphatic rings. The van der Waals surface area contributed by atoms with E-state index in [1.165, 1.54) is 12.8 Å². The number of aldehydes is 1. The highest BCUT2D eigenvalue weighted by molar-refractivity contribution is 5.73. The lowest BCUT2D eigenvalue weighted by Crippen LogP contribution is -2.30. The molecule has 0 bridgehead atoms. The van der Waals surface area contributed by atoms with Gasteiger partial charge in [0.15, 0.2) is 12.1 Å². The number of ether oxygens (including phenoxy) is 1. The van der Waals surface area contributed by atoms with Crippen LogP contribution in [-0.2, 0) is 10.3 Å². The van der Waals surface area contributed by atoms with Crippen LogP contribution in [0.15, 0.2) is 12.4 Å². The Morgan fingerprint density at radius 1 is 1.18 bits per heavy atom. The Kier molecular flexibility index (Phi) is 3.84. The van der Waals surface area contributed by atoms with Crippen LogP contribution in [0, 0.1) is 0 Å². The number of aromatic nitrogens is 2. The number of carbonyl (C=O) groups excluding carboxylic acids is 1. The van der Waals surface area contributed by atoms with Gasteiger partial charge in [-0.3, -0.25) is 4.79 Å². The molecule has 0 amide bonds. The zero-order valence-corrected chi connectivity index (χ0v) is 10.2. The molecule has 1 aromatic rings. The maximum absolute atomic E-state index is 10.6. The predicted octanol–water partition coefficient (Wildman–Crippen LogP) is 2.49. The number of nitrogens with zero attached hydrogens (tertiary/aromatic N) is 2. The van der Waals surface area contributed by atoms with E-state index >= 15 is 0 Å². The molecule has 4 heteroatoms. The van der Waals surface area contributed by atoms with Gasteiger partial charge in [0.1, 0.15) is 5.60 Å². The fourth-order valence-corrected chi connectivity index (χ4v) is 2.45. The van der Waals surface area contributed by atoms with Crippen LogP contribution in [0.1, 0.15) is 54.7 Å². The van der Waals surface area contributed by atoms with Gasteiger partial charge in [-0.15, -0.1) is 0 Å². The van der Waals surface area contributed by atoms with Gasteiger partial charge < -0.3 is 4.74 Å². The van der Waals surface area contributed by atoms with Crippen molar-refractivity contribution in [2.45, 2.75) is 44.1 Å². The van der Waals surface area contributed by atoms with Crippen molar-refractivity contribution in [1.29, 1.82) is 0 Å². The minimum Gasteiger partial charge on any atom is -0.370 e. The van der Waals surface area contributed by atoms with Gasteiger partial charge in [-0.05, 0) is 12.8 Å². The van der Waals surface area contributed by atoms with Crippen LogP contribution < -0.4 is 0 Å². The first-order chi connectivity index (χ1) is 8.30. The van der Waals surface area contributed by atoms with Gasteiger partial charge in [0.05, 0.1) is 5.56 Å². The summed E-state index contributed by atoms with van der Waals surface area (Å²) in [5, 5.41) is 0. The fraction of sp³-hybridized carbons (Fsp3) is 0.615. The quantitative estimate of drug-likeness (QED) is 0.595. The molecule has 1 saturated carbocycles. The van der Waals surface area contributed by atoms with Crippen LogP contribution in [0.25, 0.3) is 0 Å². The Morgan fingerprint density at radius 3 is 2.24 bits per heavy atom. The van der Waals surface area contributed by atoms with Gasteiger partial charge in [-0.25, -0.2) is 9.97 Å². The molecule has 0 N–H and O–H groups in total. The predicted molar refractivity (Wildman–Crippen MR) is 63.8 cm³/mol. The van der Waals surface area contributed by atoms with Crippen LogP contribution in [0.5, 0.6) is 0 Å². The number of hydrogen-bond acceptors (Lipinski definition) is 4. The van der Waals surface area contributed by atoms with Crippen LogP contribution in [0.4, 0.5) is 0 Å². The van der Waals surface area contributed by atoms with Gasteiger partial charge in [-0.2, -0.15) is 0 Å². The van der Waals surface area contributed by atoms with E-state index in [0.29, 0.717) is 11.4 Å². The summed E-state index contributed by atoms with van der Waals surface area (Å²) in [4.78, 5) is 19.2. The first-order valence-electron chi connectivity index (χ1n) is 6.13. The molecule has 0 saturated heterocycles. The smallest absolute Gasteiger partial charge is 0.160 e. The molecule has 0 aromatic carbocycles. The second-order valence-corrected chi connectivity index (χ2v) is 4.57. The van der Waals surface area contributed by atoms with Crippen LogP contribution in [0.3, 0.4) is 0 Å². The van der Waals surface area contributed by atoms with Crippen LogP contribution >= 0.6 is 0 Å². The summed E-state index contributed by atoms with van der Waals surface area (Å²) in [5.41, 5.74) is 0.159. The number of carbonyl (C=O) groups is 1. The Balaban J connectivity index is 2.28. The molecular weight excluding hydrogens is 216 g/mol. The maximum atomic E-state index is 10.6. The molecule has 1 aliphatic carbocycles. The molecule has 2 rings (SSSR count). The van der Waals surface area contributed by atoms with Gasteiger partial charge >= 0.3 is 0 Å². The first-order valence-corrected chi connectivity index (χ1v) is 6.13. The molecule has 1 aromatic heterocycles. The molecular formula is C13H18N2O2. The molecule has 0 radical (unpaired) electrons. The average molecular weight is 234 g/mol. The summed E-state index contributed by atoms with van der Waals surface area (Å²) in [6.07, 6.45) is 10.6. The van der Waals surface area contributed by atoms with E-state index in [9.17, 15) is 4.79 Å². The van der Waals surface area contributed by atoms with Crippen molar-refractivity contribution in [3.05, 3.63) is 23.8 Å². The summed E-state index contributed by atoms with van der Waals surface area (Å²) < 4.78 is 5.70. The van der Waals surface area contributed by atoms with E-state index in [2.05, 4.69) is 9.97 Å². The maximum Gasteiger partial charge on any atom is 0.160 e. The van der Waals surface area contributed by atoms with Crippen molar-refractivity contribution < 1.29 is 9.53 Å². The largest absolute Gasteiger partial charge is 0.370 e. The molecule has 4 nitrogen and oxygen atoms in total. The third kappa shape index (κ3) is 2.52. The number of hydrogen-bond donors (Lipinski definition) is 0. The number of methoxy groups -OCH3 is 1. The summed E-state index contributed by atoms with van der Waals surface area (Å²) in [6, 6.07) is 0. The molecule has 1 fully saturated rings. The van der Waals surface area contributed by atoms with Crippen molar-refractivity contribution in [2.75, 3.05) is 7.11 Å². The Morgan fingerprint density at radius 2 is 1.76 bits per heavy atom. The molecule has 17 heavy (non-hydrogen) atoms. The highest BCUT2D eigenvalue weighted by Crippen LogP contribution is 2.36. The summed E-state index contributed by atoms with van der Waals surface area (Å²) in [5.74, 6) is 0.715. The molecule has 0 atom stereocenters. The molecule has 0 spiro atoms. The van der Waals surface area contributed by atoms with Crippen molar-refractivity contribution >= 4 is 6.29 Å². The van der Waals surface area contributed by atoms with Gasteiger partial charge in [0.2, 0.25) is 0 Å². The molecule has 1 heterocycles. The Hall–Kier alpha value is -1.29. The second kappa shape index (κ2) is 5.36. The highest BCUT2D eigenvalue weighted by atomic mass is 16.5. The van der Waals surface area contributed by atoms with E-state index in [1.54, 1.807) is 19.5 Å². The summed E-state index contributed by atoms with van der Waals surface area (Å²) in [6.45, 7) is 0. The van der Waals surface area contributed by atoms with Crippen LogP contribution in [0.2, 0.25) is 0 Å². The van der Waals surface area contributed by atoms with E-state index < -0.39 is 0 Å². The third-order valence-electron chi connectivity index (χ3n) is 3.52. The van der Waals surface area contributed by atoms with E-state index in [1.807, 2.05) is 0 Å². The lowest BCUT2D eigenvalue weighted by molar-refractivity contribution is -0.0351. The van der Waals surface area contributed by atoms with Gasteiger partial charge in [0.25, 0.3) is 0 Å². The lowest BCUT2D eigenvalue weighted by Gasteiger charge is -2.29. The average Bonchev–Trinajstić information content (AvgIpc) is 2.65. The van der Waals surface area contributed by atoms with E-state index in [4.69, 9.17) is 4.74 Å². The molecule has 0 unspecified atom stereocenters. The molecule has 92 valence electrons. The Bertz CT molecular complexity index is 368. The summed E-state index contributed by atoms with van der Waals surface area (Å²) >= 11 is 0. The number of rotatable bonds is 3. The topological polar surface area (TPSA) is 52.1 Å². The summed E-state index contributed by atoms with van der Waals surface area (Å²) in [7, 11) is 1.72. The van der Waals surface area contributed by atoms with Crippen molar-refractivity contribution in [2.24, 2.45) is 0 Å². The fourth-order valence-electron chi connectivity index (χ4n) is 2.45. The minimum atomic E-state index is -0.349.